The molecule has 0 unspecified atom stereocenters. The molecule has 1 saturated heterocycles. The zero-order valence-electron chi connectivity index (χ0n) is 16.6. The molecule has 2 heterocycles. The van der Waals surface area contributed by atoms with Crippen molar-refractivity contribution in [1.82, 2.24) is 9.88 Å². The van der Waals surface area contributed by atoms with Crippen LogP contribution in [-0.2, 0) is 11.2 Å². The minimum atomic E-state index is 0.215. The molecule has 6 heteroatoms. The molecule has 1 aromatic heterocycles. The van der Waals surface area contributed by atoms with E-state index in [9.17, 15) is 4.79 Å². The first-order valence-electron chi connectivity index (χ1n) is 9.57. The van der Waals surface area contributed by atoms with Gasteiger partial charge in [0.1, 0.15) is 0 Å². The first-order valence-corrected chi connectivity index (χ1v) is 11.6. The lowest BCUT2D eigenvalue weighted by Crippen LogP contribution is -2.49. The predicted octanol–water partition coefficient (Wildman–Crippen LogP) is 4.53. The van der Waals surface area contributed by atoms with Crippen molar-refractivity contribution in [2.45, 2.75) is 25.2 Å². The second-order valence-electron chi connectivity index (χ2n) is 7.29. The van der Waals surface area contributed by atoms with Crippen molar-refractivity contribution in [3.8, 4) is 0 Å². The maximum Gasteiger partial charge on any atom is 0.227 e. The fourth-order valence-electron chi connectivity index (χ4n) is 3.48. The number of amides is 1. The standard InChI is InChI=1S/C22H25N3OS2/c1-15-12-19-20(13-16(15)2)28-22(23-19)25-10-8-24(9-11-25)21(26)14-17-4-6-18(27-3)7-5-17/h4-7,12-13H,8-11,14H2,1-3H3. The van der Waals surface area contributed by atoms with Gasteiger partial charge < -0.3 is 9.80 Å². The number of nitrogens with zero attached hydrogens (tertiary/aromatic N) is 3. The molecule has 0 aliphatic carbocycles. The third kappa shape index (κ3) is 4.03. The largest absolute Gasteiger partial charge is 0.345 e. The zero-order chi connectivity index (χ0) is 19.7. The Labute approximate surface area is 174 Å². The van der Waals surface area contributed by atoms with Gasteiger partial charge in [0.15, 0.2) is 5.13 Å². The summed E-state index contributed by atoms with van der Waals surface area (Å²) in [5.74, 6) is 0.215. The number of thioether (sulfide) groups is 1. The Bertz CT molecular complexity index is 950. The molecule has 0 atom stereocenters. The molecule has 0 radical (unpaired) electrons. The van der Waals surface area contributed by atoms with Gasteiger partial charge in [0, 0.05) is 31.1 Å². The molecule has 0 bridgehead atoms. The van der Waals surface area contributed by atoms with Crippen LogP contribution in [0.25, 0.3) is 10.2 Å². The van der Waals surface area contributed by atoms with Crippen molar-refractivity contribution in [3.05, 3.63) is 53.1 Å². The number of anilines is 1. The molecule has 0 saturated carbocycles. The molecule has 4 nitrogen and oxygen atoms in total. The van der Waals surface area contributed by atoms with E-state index in [1.165, 1.54) is 20.7 Å². The Hall–Kier alpha value is -2.05. The molecule has 1 fully saturated rings. The molecule has 2 aromatic carbocycles. The molecule has 0 spiro atoms. The van der Waals surface area contributed by atoms with Gasteiger partial charge in [-0.25, -0.2) is 4.98 Å². The Kier molecular flexibility index (Phi) is 5.60. The smallest absolute Gasteiger partial charge is 0.227 e. The second-order valence-corrected chi connectivity index (χ2v) is 9.18. The van der Waals surface area contributed by atoms with Crippen molar-refractivity contribution < 1.29 is 4.79 Å². The number of rotatable bonds is 4. The van der Waals surface area contributed by atoms with E-state index in [0.29, 0.717) is 6.42 Å². The number of aryl methyl sites for hydroxylation is 2. The van der Waals surface area contributed by atoms with Gasteiger partial charge in [-0.15, -0.1) is 11.8 Å². The fourth-order valence-corrected chi connectivity index (χ4v) is 4.99. The van der Waals surface area contributed by atoms with Crippen LogP contribution in [0.15, 0.2) is 41.3 Å². The Morgan fingerprint density at radius 1 is 1.07 bits per heavy atom. The summed E-state index contributed by atoms with van der Waals surface area (Å²) < 4.78 is 1.24. The summed E-state index contributed by atoms with van der Waals surface area (Å²) in [7, 11) is 0. The van der Waals surface area contributed by atoms with Crippen LogP contribution >= 0.6 is 23.1 Å². The Morgan fingerprint density at radius 2 is 1.75 bits per heavy atom. The van der Waals surface area contributed by atoms with Crippen LogP contribution in [0.3, 0.4) is 0 Å². The SMILES string of the molecule is CSc1ccc(CC(=O)N2CCN(c3nc4cc(C)c(C)cc4s3)CC2)cc1. The van der Waals surface area contributed by atoms with Crippen LogP contribution < -0.4 is 4.90 Å². The fraction of sp³-hybridized carbons (Fsp3) is 0.364. The minimum absolute atomic E-state index is 0.215. The van der Waals surface area contributed by atoms with Crippen molar-refractivity contribution in [2.24, 2.45) is 0 Å². The number of fused-ring (bicyclic) bond motifs is 1. The second kappa shape index (κ2) is 8.13. The van der Waals surface area contributed by atoms with Crippen LogP contribution in [0.2, 0.25) is 0 Å². The Balaban J connectivity index is 1.38. The van der Waals surface area contributed by atoms with Gasteiger partial charge in [-0.05, 0) is 61.1 Å². The molecule has 28 heavy (non-hydrogen) atoms. The van der Waals surface area contributed by atoms with Crippen molar-refractivity contribution in [1.29, 1.82) is 0 Å². The van der Waals surface area contributed by atoms with E-state index in [1.807, 2.05) is 4.90 Å². The normalized spacial score (nSPS) is 14.7. The highest BCUT2D eigenvalue weighted by molar-refractivity contribution is 7.98. The number of benzene rings is 2. The van der Waals surface area contributed by atoms with Gasteiger partial charge in [-0.3, -0.25) is 4.79 Å². The van der Waals surface area contributed by atoms with Gasteiger partial charge in [0.2, 0.25) is 5.91 Å². The van der Waals surface area contributed by atoms with E-state index in [1.54, 1.807) is 23.1 Å². The summed E-state index contributed by atoms with van der Waals surface area (Å²) in [6, 6.07) is 12.7. The zero-order valence-corrected chi connectivity index (χ0v) is 18.2. The molecule has 1 amide bonds. The third-order valence-electron chi connectivity index (χ3n) is 5.41. The number of aromatic nitrogens is 1. The van der Waals surface area contributed by atoms with Gasteiger partial charge in [-0.2, -0.15) is 0 Å². The van der Waals surface area contributed by atoms with Gasteiger partial charge in [0.05, 0.1) is 16.6 Å². The highest BCUT2D eigenvalue weighted by atomic mass is 32.2. The van der Waals surface area contributed by atoms with E-state index in [-0.39, 0.29) is 5.91 Å². The van der Waals surface area contributed by atoms with Gasteiger partial charge in [-0.1, -0.05) is 23.5 Å². The average Bonchev–Trinajstić information content (AvgIpc) is 3.11. The summed E-state index contributed by atoms with van der Waals surface area (Å²) >= 11 is 3.47. The molecular formula is C22H25N3OS2. The average molecular weight is 412 g/mol. The molecule has 146 valence electrons. The van der Waals surface area contributed by atoms with E-state index >= 15 is 0 Å². The number of carbonyl (C=O) groups excluding carboxylic acids is 1. The van der Waals surface area contributed by atoms with Crippen LogP contribution in [-0.4, -0.2) is 48.2 Å². The van der Waals surface area contributed by atoms with Crippen molar-refractivity contribution in [3.63, 3.8) is 0 Å². The lowest BCUT2D eigenvalue weighted by Gasteiger charge is -2.34. The lowest BCUT2D eigenvalue weighted by atomic mass is 10.1. The molecule has 0 N–H and O–H groups in total. The van der Waals surface area contributed by atoms with Crippen LogP contribution in [0.4, 0.5) is 5.13 Å². The topological polar surface area (TPSA) is 36.4 Å². The van der Waals surface area contributed by atoms with Crippen LogP contribution in [0, 0.1) is 13.8 Å². The number of piperazine rings is 1. The third-order valence-corrected chi connectivity index (χ3v) is 7.23. The lowest BCUT2D eigenvalue weighted by molar-refractivity contribution is -0.130. The molecule has 1 aliphatic rings. The number of hydrogen-bond donors (Lipinski definition) is 0. The highest BCUT2D eigenvalue weighted by Crippen LogP contribution is 2.31. The maximum absolute atomic E-state index is 12.7. The molecule has 1 aliphatic heterocycles. The first-order chi connectivity index (χ1) is 13.5. The van der Waals surface area contributed by atoms with Crippen LogP contribution in [0.1, 0.15) is 16.7 Å². The van der Waals surface area contributed by atoms with E-state index in [0.717, 1.165) is 42.4 Å². The van der Waals surface area contributed by atoms with Gasteiger partial charge in [0.25, 0.3) is 0 Å². The summed E-state index contributed by atoms with van der Waals surface area (Å²) in [5, 5.41) is 1.07. The number of hydrogen-bond acceptors (Lipinski definition) is 5. The van der Waals surface area contributed by atoms with Gasteiger partial charge >= 0.3 is 0 Å². The summed E-state index contributed by atoms with van der Waals surface area (Å²) in [6.45, 7) is 7.48. The highest BCUT2D eigenvalue weighted by Gasteiger charge is 2.23. The summed E-state index contributed by atoms with van der Waals surface area (Å²) in [6.07, 6.45) is 2.54. The molecule has 4 rings (SSSR count). The van der Waals surface area contributed by atoms with Crippen molar-refractivity contribution in [2.75, 3.05) is 37.3 Å². The monoisotopic (exact) mass is 411 g/mol. The molecular weight excluding hydrogens is 386 g/mol. The number of thiazole rings is 1. The first kappa shape index (κ1) is 19.3. The predicted molar refractivity (Wildman–Crippen MR) is 120 cm³/mol. The molecule has 3 aromatic rings. The summed E-state index contributed by atoms with van der Waals surface area (Å²) in [4.78, 5) is 23.0. The van der Waals surface area contributed by atoms with Crippen molar-refractivity contribution >= 4 is 44.4 Å². The van der Waals surface area contributed by atoms with E-state index in [2.05, 4.69) is 61.4 Å². The summed E-state index contributed by atoms with van der Waals surface area (Å²) in [5.41, 5.74) is 4.76. The Morgan fingerprint density at radius 3 is 2.43 bits per heavy atom. The maximum atomic E-state index is 12.7. The van der Waals surface area contributed by atoms with Crippen LogP contribution in [0.5, 0.6) is 0 Å². The minimum Gasteiger partial charge on any atom is -0.345 e. The van der Waals surface area contributed by atoms with E-state index in [4.69, 9.17) is 4.98 Å². The van der Waals surface area contributed by atoms with E-state index < -0.39 is 0 Å². The quantitative estimate of drug-likeness (QED) is 0.591. The number of carbonyl (C=O) groups is 1.